The summed E-state index contributed by atoms with van der Waals surface area (Å²) in [6.45, 7) is 2.08. The fraction of sp³-hybridized carbons (Fsp3) is 0.150. The zero-order valence-electron chi connectivity index (χ0n) is 13.0. The number of anilines is 1. The summed E-state index contributed by atoms with van der Waals surface area (Å²) in [7, 11) is 0. The number of rotatable bonds is 4. The minimum atomic E-state index is -0.0275. The van der Waals surface area contributed by atoms with Crippen molar-refractivity contribution >= 4 is 22.4 Å². The van der Waals surface area contributed by atoms with Gasteiger partial charge >= 0.3 is 0 Å². The van der Waals surface area contributed by atoms with Gasteiger partial charge in [0.2, 0.25) is 5.91 Å². The fourth-order valence-corrected chi connectivity index (χ4v) is 2.69. The summed E-state index contributed by atoms with van der Waals surface area (Å²) < 4.78 is 0. The molecule has 0 saturated heterocycles. The van der Waals surface area contributed by atoms with Gasteiger partial charge in [0.1, 0.15) is 5.75 Å². The van der Waals surface area contributed by atoms with Crippen LogP contribution in [-0.4, -0.2) is 11.0 Å². The molecule has 3 rings (SSSR count). The average Bonchev–Trinajstić information content (AvgIpc) is 2.55. The maximum atomic E-state index is 12.1. The maximum Gasteiger partial charge on any atom is 0.224 e. The number of nitrogens with one attached hydrogen (secondary N) is 1. The average molecular weight is 305 g/mol. The standard InChI is InChI=1S/C20H19NO2/c1-14-5-6-15-3-2-4-16(19(15)13-14)7-12-20(23)21-17-8-10-18(22)11-9-17/h2-6,8-11,13,22H,7,12H2,1H3,(H,21,23). The van der Waals surface area contributed by atoms with E-state index in [1.807, 2.05) is 6.07 Å². The maximum absolute atomic E-state index is 12.1. The Balaban J connectivity index is 1.69. The Morgan fingerprint density at radius 1 is 1.04 bits per heavy atom. The lowest BCUT2D eigenvalue weighted by Gasteiger charge is -2.08. The van der Waals surface area contributed by atoms with Gasteiger partial charge in [-0.3, -0.25) is 4.79 Å². The Morgan fingerprint density at radius 3 is 2.61 bits per heavy atom. The summed E-state index contributed by atoms with van der Waals surface area (Å²) in [5, 5.41) is 14.5. The zero-order valence-corrected chi connectivity index (χ0v) is 13.0. The normalized spacial score (nSPS) is 10.7. The van der Waals surface area contributed by atoms with Gasteiger partial charge in [0.25, 0.3) is 0 Å². The number of aromatic hydroxyl groups is 1. The first-order valence-electron chi connectivity index (χ1n) is 7.69. The molecule has 0 bridgehead atoms. The van der Waals surface area contributed by atoms with E-state index in [0.29, 0.717) is 18.5 Å². The number of phenols is 1. The lowest BCUT2D eigenvalue weighted by Crippen LogP contribution is -2.12. The van der Waals surface area contributed by atoms with Gasteiger partial charge in [-0.05, 0) is 53.9 Å². The molecule has 3 nitrogen and oxygen atoms in total. The molecule has 23 heavy (non-hydrogen) atoms. The number of hydrogen-bond acceptors (Lipinski definition) is 2. The molecule has 116 valence electrons. The first-order valence-corrected chi connectivity index (χ1v) is 7.69. The van der Waals surface area contributed by atoms with Crippen molar-refractivity contribution in [2.45, 2.75) is 19.8 Å². The van der Waals surface area contributed by atoms with Crippen molar-refractivity contribution in [3.8, 4) is 5.75 Å². The molecule has 0 heterocycles. The van der Waals surface area contributed by atoms with Crippen LogP contribution in [0.3, 0.4) is 0 Å². The second kappa shape index (κ2) is 6.53. The predicted molar refractivity (Wildman–Crippen MR) is 93.7 cm³/mol. The van der Waals surface area contributed by atoms with Crippen LogP contribution in [0.15, 0.2) is 60.7 Å². The van der Waals surface area contributed by atoms with Gasteiger partial charge < -0.3 is 10.4 Å². The van der Waals surface area contributed by atoms with Crippen LogP contribution in [0.5, 0.6) is 5.75 Å². The number of fused-ring (bicyclic) bond motifs is 1. The Hall–Kier alpha value is -2.81. The number of amides is 1. The van der Waals surface area contributed by atoms with Crippen LogP contribution >= 0.6 is 0 Å². The largest absolute Gasteiger partial charge is 0.508 e. The Morgan fingerprint density at radius 2 is 1.83 bits per heavy atom. The quantitative estimate of drug-likeness (QED) is 0.701. The van der Waals surface area contributed by atoms with Crippen molar-refractivity contribution in [2.24, 2.45) is 0 Å². The second-order valence-corrected chi connectivity index (χ2v) is 5.74. The molecule has 0 fully saturated rings. The van der Waals surface area contributed by atoms with E-state index in [2.05, 4.69) is 42.6 Å². The summed E-state index contributed by atoms with van der Waals surface area (Å²) in [5.41, 5.74) is 3.10. The van der Waals surface area contributed by atoms with Crippen molar-refractivity contribution in [3.05, 3.63) is 71.8 Å². The monoisotopic (exact) mass is 305 g/mol. The Kier molecular flexibility index (Phi) is 4.29. The van der Waals surface area contributed by atoms with E-state index in [9.17, 15) is 9.90 Å². The zero-order chi connectivity index (χ0) is 16.2. The molecular formula is C20H19NO2. The Bertz CT molecular complexity index is 838. The van der Waals surface area contributed by atoms with Crippen LogP contribution < -0.4 is 5.32 Å². The first-order chi connectivity index (χ1) is 11.1. The summed E-state index contributed by atoms with van der Waals surface area (Å²) in [4.78, 5) is 12.1. The van der Waals surface area contributed by atoms with E-state index in [1.165, 1.54) is 21.9 Å². The Labute approximate surface area is 135 Å². The SMILES string of the molecule is Cc1ccc2cccc(CCC(=O)Nc3ccc(O)cc3)c2c1. The van der Waals surface area contributed by atoms with E-state index < -0.39 is 0 Å². The highest BCUT2D eigenvalue weighted by atomic mass is 16.3. The molecule has 0 atom stereocenters. The molecule has 0 radical (unpaired) electrons. The van der Waals surface area contributed by atoms with Crippen molar-refractivity contribution in [3.63, 3.8) is 0 Å². The van der Waals surface area contributed by atoms with Gasteiger partial charge in [-0.2, -0.15) is 0 Å². The van der Waals surface area contributed by atoms with Crippen molar-refractivity contribution in [1.29, 1.82) is 0 Å². The molecule has 0 spiro atoms. The van der Waals surface area contributed by atoms with Crippen LogP contribution in [-0.2, 0) is 11.2 Å². The summed E-state index contributed by atoms with van der Waals surface area (Å²) in [6, 6.07) is 19.1. The molecule has 0 aliphatic heterocycles. The minimum absolute atomic E-state index is 0.0275. The van der Waals surface area contributed by atoms with Crippen LogP contribution in [0, 0.1) is 6.92 Å². The lowest BCUT2D eigenvalue weighted by molar-refractivity contribution is -0.116. The molecule has 0 aromatic heterocycles. The molecule has 1 amide bonds. The predicted octanol–water partition coefficient (Wildman–Crippen LogP) is 4.43. The third-order valence-electron chi connectivity index (χ3n) is 3.90. The summed E-state index contributed by atoms with van der Waals surface area (Å²) >= 11 is 0. The molecule has 3 aromatic carbocycles. The van der Waals surface area contributed by atoms with Gasteiger partial charge in [0.15, 0.2) is 0 Å². The van der Waals surface area contributed by atoms with Gasteiger partial charge in [0.05, 0.1) is 0 Å². The number of carbonyl (C=O) groups is 1. The van der Waals surface area contributed by atoms with Crippen LogP contribution in [0.4, 0.5) is 5.69 Å². The molecule has 0 unspecified atom stereocenters. The molecule has 3 heteroatoms. The highest BCUT2D eigenvalue weighted by Crippen LogP contribution is 2.22. The van der Waals surface area contributed by atoms with Gasteiger partial charge in [-0.1, -0.05) is 42.0 Å². The van der Waals surface area contributed by atoms with Crippen LogP contribution in [0.2, 0.25) is 0 Å². The second-order valence-electron chi connectivity index (χ2n) is 5.74. The molecule has 0 aliphatic rings. The molecule has 2 N–H and O–H groups in total. The van der Waals surface area contributed by atoms with Crippen molar-refractivity contribution in [1.82, 2.24) is 0 Å². The summed E-state index contributed by atoms with van der Waals surface area (Å²) in [6.07, 6.45) is 1.12. The fourth-order valence-electron chi connectivity index (χ4n) is 2.69. The van der Waals surface area contributed by atoms with Gasteiger partial charge in [-0.25, -0.2) is 0 Å². The van der Waals surface area contributed by atoms with Crippen molar-refractivity contribution < 1.29 is 9.90 Å². The number of aryl methyl sites for hydroxylation is 2. The number of hydrogen-bond donors (Lipinski definition) is 2. The van der Waals surface area contributed by atoms with E-state index in [4.69, 9.17) is 0 Å². The molecular weight excluding hydrogens is 286 g/mol. The third-order valence-corrected chi connectivity index (χ3v) is 3.90. The number of benzene rings is 3. The minimum Gasteiger partial charge on any atom is -0.508 e. The first kappa shape index (κ1) is 15.1. The van der Waals surface area contributed by atoms with E-state index in [1.54, 1.807) is 24.3 Å². The van der Waals surface area contributed by atoms with Crippen LogP contribution in [0.1, 0.15) is 17.5 Å². The van der Waals surface area contributed by atoms with E-state index in [-0.39, 0.29) is 11.7 Å². The third kappa shape index (κ3) is 3.69. The van der Waals surface area contributed by atoms with E-state index >= 15 is 0 Å². The van der Waals surface area contributed by atoms with Gasteiger partial charge in [-0.15, -0.1) is 0 Å². The lowest BCUT2D eigenvalue weighted by atomic mass is 9.99. The molecule has 3 aromatic rings. The smallest absolute Gasteiger partial charge is 0.224 e. The molecule has 0 aliphatic carbocycles. The highest BCUT2D eigenvalue weighted by Gasteiger charge is 2.06. The van der Waals surface area contributed by atoms with E-state index in [0.717, 1.165) is 0 Å². The van der Waals surface area contributed by atoms with Crippen LogP contribution in [0.25, 0.3) is 10.8 Å². The summed E-state index contributed by atoms with van der Waals surface area (Å²) in [5.74, 6) is 0.162. The molecule has 0 saturated carbocycles. The topological polar surface area (TPSA) is 49.3 Å². The van der Waals surface area contributed by atoms with Crippen molar-refractivity contribution in [2.75, 3.05) is 5.32 Å². The number of phenolic OH excluding ortho intramolecular Hbond substituents is 1. The van der Waals surface area contributed by atoms with Gasteiger partial charge in [0, 0.05) is 12.1 Å². The highest BCUT2D eigenvalue weighted by molar-refractivity contribution is 5.92. The number of carbonyl (C=O) groups excluding carboxylic acids is 1.